The van der Waals surface area contributed by atoms with Gasteiger partial charge in [0.05, 0.1) is 16.8 Å². The number of ether oxygens (including phenoxy) is 1. The molecular weight excluding hydrogens is 270 g/mol. The fourth-order valence-corrected chi connectivity index (χ4v) is 2.93. The second kappa shape index (κ2) is 5.61. The summed E-state index contributed by atoms with van der Waals surface area (Å²) < 4.78 is 6.55. The van der Waals surface area contributed by atoms with E-state index >= 15 is 0 Å². The summed E-state index contributed by atoms with van der Waals surface area (Å²) in [4.78, 5) is 4.37. The van der Waals surface area contributed by atoms with Gasteiger partial charge in [-0.2, -0.15) is 0 Å². The minimum absolute atomic E-state index is 0.613. The largest absolute Gasteiger partial charge is 0.494 e. The molecule has 1 unspecified atom stereocenters. The molecule has 1 aromatic carbocycles. The number of hydrogen-bond acceptors (Lipinski definition) is 4. The highest BCUT2D eigenvalue weighted by Gasteiger charge is 2.12. The van der Waals surface area contributed by atoms with E-state index in [1.165, 1.54) is 0 Å². The van der Waals surface area contributed by atoms with Gasteiger partial charge in [0, 0.05) is 11.8 Å². The lowest BCUT2D eigenvalue weighted by Gasteiger charge is -2.12. The summed E-state index contributed by atoms with van der Waals surface area (Å²) in [7, 11) is 0. The van der Waals surface area contributed by atoms with Gasteiger partial charge >= 0.3 is 0 Å². The Morgan fingerprint density at radius 1 is 1.25 bits per heavy atom. The van der Waals surface area contributed by atoms with Gasteiger partial charge in [0.25, 0.3) is 0 Å². The van der Waals surface area contributed by atoms with E-state index in [1.807, 2.05) is 48.7 Å². The van der Waals surface area contributed by atoms with Crippen LogP contribution in [0.15, 0.2) is 48.0 Å². The molecule has 0 saturated carbocycles. The number of thiophene rings is 1. The molecule has 0 aliphatic carbocycles. The predicted octanol–water partition coefficient (Wildman–Crippen LogP) is 3.78. The molecule has 102 valence electrons. The maximum Gasteiger partial charge on any atom is 0.119 e. The van der Waals surface area contributed by atoms with E-state index in [4.69, 9.17) is 4.74 Å². The summed E-state index contributed by atoms with van der Waals surface area (Å²) in [5.41, 5.74) is 2.58. The summed E-state index contributed by atoms with van der Waals surface area (Å²) in [5, 5.41) is 12.5. The molecule has 0 bridgehead atoms. The third kappa shape index (κ3) is 2.53. The van der Waals surface area contributed by atoms with Crippen LogP contribution in [0.2, 0.25) is 0 Å². The Bertz CT molecular complexity index is 723. The first-order chi connectivity index (χ1) is 9.78. The maximum atomic E-state index is 10.5. The number of aliphatic hydroxyl groups excluding tert-OH is 1. The van der Waals surface area contributed by atoms with Gasteiger partial charge in [0.2, 0.25) is 0 Å². The molecule has 0 aliphatic rings. The molecule has 20 heavy (non-hydrogen) atoms. The van der Waals surface area contributed by atoms with Gasteiger partial charge in [0.15, 0.2) is 0 Å². The molecule has 0 amide bonds. The molecule has 1 N–H and O–H groups in total. The van der Waals surface area contributed by atoms with Gasteiger partial charge in [-0.3, -0.25) is 4.98 Å². The number of hydrogen-bond donors (Lipinski definition) is 1. The Morgan fingerprint density at radius 3 is 3.00 bits per heavy atom. The van der Waals surface area contributed by atoms with Crippen LogP contribution in [0.3, 0.4) is 0 Å². The first-order valence-corrected chi connectivity index (χ1v) is 7.40. The van der Waals surface area contributed by atoms with Crippen LogP contribution in [-0.4, -0.2) is 16.7 Å². The SMILES string of the molecule is CCOc1cccc(C(O)c2cnc3ccsc3c2)c1. The third-order valence-electron chi connectivity index (χ3n) is 3.12. The second-order valence-corrected chi connectivity index (χ2v) is 5.43. The Kier molecular flexibility index (Phi) is 3.67. The summed E-state index contributed by atoms with van der Waals surface area (Å²) >= 11 is 1.63. The Hall–Kier alpha value is -1.91. The summed E-state index contributed by atoms with van der Waals surface area (Å²) in [6.07, 6.45) is 1.04. The zero-order chi connectivity index (χ0) is 13.9. The second-order valence-electron chi connectivity index (χ2n) is 4.48. The van der Waals surface area contributed by atoms with Gasteiger partial charge < -0.3 is 9.84 Å². The average Bonchev–Trinajstić information content (AvgIpc) is 2.94. The smallest absolute Gasteiger partial charge is 0.119 e. The number of aliphatic hydroxyl groups is 1. The van der Waals surface area contributed by atoms with Crippen molar-refractivity contribution in [1.82, 2.24) is 4.98 Å². The van der Waals surface area contributed by atoms with Gasteiger partial charge in [-0.15, -0.1) is 11.3 Å². The maximum absolute atomic E-state index is 10.5. The highest BCUT2D eigenvalue weighted by molar-refractivity contribution is 7.17. The van der Waals surface area contributed by atoms with E-state index in [-0.39, 0.29) is 0 Å². The van der Waals surface area contributed by atoms with Crippen molar-refractivity contribution in [2.75, 3.05) is 6.61 Å². The topological polar surface area (TPSA) is 42.4 Å². The molecule has 0 spiro atoms. The van der Waals surface area contributed by atoms with Crippen molar-refractivity contribution in [1.29, 1.82) is 0 Å². The highest BCUT2D eigenvalue weighted by Crippen LogP contribution is 2.28. The first-order valence-electron chi connectivity index (χ1n) is 6.52. The van der Waals surface area contributed by atoms with Gasteiger partial charge in [-0.1, -0.05) is 12.1 Å². The van der Waals surface area contributed by atoms with Gasteiger partial charge in [-0.25, -0.2) is 0 Å². The molecule has 2 aromatic heterocycles. The lowest BCUT2D eigenvalue weighted by Crippen LogP contribution is -2.01. The molecule has 2 heterocycles. The Labute approximate surface area is 121 Å². The van der Waals surface area contributed by atoms with E-state index in [1.54, 1.807) is 17.5 Å². The standard InChI is InChI=1S/C16H15NO2S/c1-2-19-13-5-3-4-11(8-13)16(18)12-9-15-14(17-10-12)6-7-20-15/h3-10,16,18H,2H2,1H3. The number of fused-ring (bicyclic) bond motifs is 1. The fourth-order valence-electron chi connectivity index (χ4n) is 2.14. The van der Waals surface area contributed by atoms with Gasteiger partial charge in [-0.05, 0) is 42.1 Å². The Morgan fingerprint density at radius 2 is 2.15 bits per heavy atom. The molecule has 0 saturated heterocycles. The van der Waals surface area contributed by atoms with Crippen LogP contribution in [-0.2, 0) is 0 Å². The van der Waals surface area contributed by atoms with Crippen LogP contribution in [0.5, 0.6) is 5.75 Å². The molecule has 3 aromatic rings. The molecule has 0 aliphatic heterocycles. The lowest BCUT2D eigenvalue weighted by molar-refractivity contribution is 0.219. The highest BCUT2D eigenvalue weighted by atomic mass is 32.1. The number of benzene rings is 1. The number of aromatic nitrogens is 1. The van der Waals surface area contributed by atoms with Crippen molar-refractivity contribution in [2.45, 2.75) is 13.0 Å². The van der Waals surface area contributed by atoms with E-state index in [0.29, 0.717) is 6.61 Å². The average molecular weight is 285 g/mol. The van der Waals surface area contributed by atoms with Crippen molar-refractivity contribution in [2.24, 2.45) is 0 Å². The van der Waals surface area contributed by atoms with Crippen LogP contribution in [0.1, 0.15) is 24.2 Å². The first kappa shape index (κ1) is 13.1. The monoisotopic (exact) mass is 285 g/mol. The van der Waals surface area contributed by atoms with Crippen LogP contribution in [0.25, 0.3) is 10.2 Å². The normalized spacial score (nSPS) is 12.5. The third-order valence-corrected chi connectivity index (χ3v) is 3.98. The minimum atomic E-state index is -0.686. The Balaban J connectivity index is 1.94. The fraction of sp³-hybridized carbons (Fsp3) is 0.188. The number of nitrogens with zero attached hydrogens (tertiary/aromatic N) is 1. The zero-order valence-corrected chi connectivity index (χ0v) is 11.9. The zero-order valence-electron chi connectivity index (χ0n) is 11.1. The lowest BCUT2D eigenvalue weighted by atomic mass is 10.0. The predicted molar refractivity (Wildman–Crippen MR) is 81.3 cm³/mol. The molecule has 4 heteroatoms. The van der Waals surface area contributed by atoms with E-state index < -0.39 is 6.10 Å². The molecule has 0 fully saturated rings. The van der Waals surface area contributed by atoms with Crippen LogP contribution >= 0.6 is 11.3 Å². The van der Waals surface area contributed by atoms with E-state index in [9.17, 15) is 5.11 Å². The molecule has 3 rings (SSSR count). The van der Waals surface area contributed by atoms with Gasteiger partial charge in [0.1, 0.15) is 11.9 Å². The van der Waals surface area contributed by atoms with E-state index in [2.05, 4.69) is 4.98 Å². The summed E-state index contributed by atoms with van der Waals surface area (Å²) in [5.74, 6) is 0.772. The van der Waals surface area contributed by atoms with E-state index in [0.717, 1.165) is 27.1 Å². The van der Waals surface area contributed by atoms with Crippen molar-refractivity contribution in [3.8, 4) is 5.75 Å². The number of rotatable bonds is 4. The van der Waals surface area contributed by atoms with Crippen LogP contribution < -0.4 is 4.74 Å². The summed E-state index contributed by atoms with van der Waals surface area (Å²) in [6, 6.07) is 11.5. The molecule has 3 nitrogen and oxygen atoms in total. The molecule has 1 atom stereocenters. The minimum Gasteiger partial charge on any atom is -0.494 e. The van der Waals surface area contributed by atoms with Crippen molar-refractivity contribution in [3.05, 3.63) is 59.1 Å². The number of pyridine rings is 1. The van der Waals surface area contributed by atoms with Crippen molar-refractivity contribution >= 4 is 21.6 Å². The summed E-state index contributed by atoms with van der Waals surface area (Å²) in [6.45, 7) is 2.56. The quantitative estimate of drug-likeness (QED) is 0.793. The van der Waals surface area contributed by atoms with Crippen LogP contribution in [0.4, 0.5) is 0 Å². The van der Waals surface area contributed by atoms with Crippen molar-refractivity contribution < 1.29 is 9.84 Å². The molecule has 0 radical (unpaired) electrons. The molecular formula is C16H15NO2S. The van der Waals surface area contributed by atoms with Crippen molar-refractivity contribution in [3.63, 3.8) is 0 Å². The van der Waals surface area contributed by atoms with Crippen LogP contribution in [0, 0.1) is 0 Å².